The summed E-state index contributed by atoms with van der Waals surface area (Å²) >= 11 is 0. The van der Waals surface area contributed by atoms with Crippen molar-refractivity contribution in [3.63, 3.8) is 0 Å². The molecular formula is C23H27F2N5O3. The number of benzene rings is 1. The van der Waals surface area contributed by atoms with Crippen molar-refractivity contribution in [2.24, 2.45) is 0 Å². The molecule has 3 aromatic rings. The molecule has 10 heteroatoms. The van der Waals surface area contributed by atoms with E-state index in [2.05, 4.69) is 15.5 Å². The molecule has 1 amide bonds. The Hall–Kier alpha value is -3.43. The molecule has 1 aliphatic carbocycles. The van der Waals surface area contributed by atoms with Crippen molar-refractivity contribution in [3.8, 4) is 11.5 Å². The van der Waals surface area contributed by atoms with E-state index in [0.29, 0.717) is 42.6 Å². The van der Waals surface area contributed by atoms with Gasteiger partial charge in [0.1, 0.15) is 12.2 Å². The molecular weight excluding hydrogens is 432 g/mol. The van der Waals surface area contributed by atoms with Crippen molar-refractivity contribution in [1.29, 1.82) is 0 Å². The summed E-state index contributed by atoms with van der Waals surface area (Å²) in [6.07, 6.45) is 2.46. The molecule has 1 N–H and O–H groups in total. The Morgan fingerprint density at radius 2 is 1.94 bits per heavy atom. The van der Waals surface area contributed by atoms with Crippen LogP contribution in [0, 0.1) is 0 Å². The molecule has 1 saturated carbocycles. The van der Waals surface area contributed by atoms with Gasteiger partial charge < -0.3 is 14.8 Å². The second-order valence-corrected chi connectivity index (χ2v) is 7.85. The van der Waals surface area contributed by atoms with Crippen LogP contribution in [0.15, 0.2) is 36.7 Å². The third kappa shape index (κ3) is 5.68. The summed E-state index contributed by atoms with van der Waals surface area (Å²) in [5.74, 6) is 1.22. The topological polar surface area (TPSA) is 83.2 Å². The minimum Gasteiger partial charge on any atom is -0.490 e. The molecule has 176 valence electrons. The van der Waals surface area contributed by atoms with E-state index in [1.807, 2.05) is 32.0 Å². The van der Waals surface area contributed by atoms with Crippen LogP contribution in [-0.4, -0.2) is 38.7 Å². The molecule has 33 heavy (non-hydrogen) atoms. The fourth-order valence-corrected chi connectivity index (χ4v) is 3.63. The number of hydrogen-bond donors (Lipinski definition) is 1. The van der Waals surface area contributed by atoms with Crippen LogP contribution in [0.2, 0.25) is 0 Å². The van der Waals surface area contributed by atoms with Gasteiger partial charge in [0.25, 0.3) is 6.43 Å². The standard InChI is InChI=1S/C23H27F2N5O3/c1-3-32-20-8-5-15(9-21(20)33-4-2)12-29-13-17(11-26-29)27-22(31)14-30-19(16-6-7-16)10-18(28-30)23(24)25/h5,8-11,13,16,23H,3-4,6-7,12,14H2,1-2H3,(H,27,31). The molecule has 2 aromatic heterocycles. The normalized spacial score (nSPS) is 13.4. The van der Waals surface area contributed by atoms with Crippen LogP contribution < -0.4 is 14.8 Å². The minimum atomic E-state index is -2.66. The number of halogens is 2. The molecule has 8 nitrogen and oxygen atoms in total. The van der Waals surface area contributed by atoms with Gasteiger partial charge in [-0.2, -0.15) is 10.2 Å². The first-order valence-corrected chi connectivity index (χ1v) is 11.0. The van der Waals surface area contributed by atoms with Crippen LogP contribution in [0.1, 0.15) is 56.0 Å². The maximum Gasteiger partial charge on any atom is 0.282 e. The second-order valence-electron chi connectivity index (χ2n) is 7.85. The maximum absolute atomic E-state index is 13.0. The lowest BCUT2D eigenvalue weighted by atomic mass is 10.2. The summed E-state index contributed by atoms with van der Waals surface area (Å²) in [6.45, 7) is 5.26. The summed E-state index contributed by atoms with van der Waals surface area (Å²) in [5, 5.41) is 11.0. The van der Waals surface area contributed by atoms with Crippen LogP contribution in [0.3, 0.4) is 0 Å². The zero-order valence-electron chi connectivity index (χ0n) is 18.6. The number of carbonyl (C=O) groups is 1. The Kier molecular flexibility index (Phi) is 6.90. The van der Waals surface area contributed by atoms with Gasteiger partial charge in [0.05, 0.1) is 31.6 Å². The third-order valence-electron chi connectivity index (χ3n) is 5.21. The number of aromatic nitrogens is 4. The summed E-state index contributed by atoms with van der Waals surface area (Å²) in [5.41, 5.74) is 1.88. The Balaban J connectivity index is 1.39. The summed E-state index contributed by atoms with van der Waals surface area (Å²) in [6, 6.07) is 7.11. The maximum atomic E-state index is 13.0. The van der Waals surface area contributed by atoms with Crippen molar-refractivity contribution >= 4 is 11.6 Å². The summed E-state index contributed by atoms with van der Waals surface area (Å²) in [4.78, 5) is 12.5. The highest BCUT2D eigenvalue weighted by Gasteiger charge is 2.30. The van der Waals surface area contributed by atoms with Crippen LogP contribution >= 0.6 is 0 Å². The zero-order chi connectivity index (χ0) is 23.4. The smallest absolute Gasteiger partial charge is 0.282 e. The number of alkyl halides is 2. The van der Waals surface area contributed by atoms with Crippen LogP contribution in [0.4, 0.5) is 14.5 Å². The number of rotatable bonds is 11. The Morgan fingerprint density at radius 1 is 1.18 bits per heavy atom. The molecule has 2 heterocycles. The van der Waals surface area contributed by atoms with Crippen molar-refractivity contribution in [3.05, 3.63) is 53.6 Å². The zero-order valence-corrected chi connectivity index (χ0v) is 18.6. The predicted molar refractivity (Wildman–Crippen MR) is 118 cm³/mol. The molecule has 1 aliphatic rings. The largest absolute Gasteiger partial charge is 0.490 e. The number of nitrogens with one attached hydrogen (secondary N) is 1. The van der Waals surface area contributed by atoms with E-state index >= 15 is 0 Å². The van der Waals surface area contributed by atoms with Crippen LogP contribution in [0.5, 0.6) is 11.5 Å². The molecule has 1 fully saturated rings. The van der Waals surface area contributed by atoms with Gasteiger partial charge in [0, 0.05) is 17.8 Å². The quantitative estimate of drug-likeness (QED) is 0.460. The number of amides is 1. The first kappa shape index (κ1) is 22.8. The number of anilines is 1. The molecule has 0 unspecified atom stereocenters. The monoisotopic (exact) mass is 459 g/mol. The van der Waals surface area contributed by atoms with E-state index in [-0.39, 0.29) is 24.1 Å². The van der Waals surface area contributed by atoms with E-state index in [1.54, 1.807) is 17.1 Å². The van der Waals surface area contributed by atoms with Gasteiger partial charge in [-0.25, -0.2) is 8.78 Å². The van der Waals surface area contributed by atoms with Gasteiger partial charge in [0.15, 0.2) is 11.5 Å². The van der Waals surface area contributed by atoms with Crippen LogP contribution in [0.25, 0.3) is 0 Å². The first-order chi connectivity index (χ1) is 16.0. The summed E-state index contributed by atoms with van der Waals surface area (Å²) < 4.78 is 40.4. The Bertz CT molecular complexity index is 1110. The van der Waals surface area contributed by atoms with Gasteiger partial charge in [-0.05, 0) is 50.5 Å². The Labute approximate surface area is 190 Å². The van der Waals surface area contributed by atoms with Crippen LogP contribution in [-0.2, 0) is 17.9 Å². The fourth-order valence-electron chi connectivity index (χ4n) is 3.63. The number of carbonyl (C=O) groups excluding carboxylic acids is 1. The van der Waals surface area contributed by atoms with Gasteiger partial charge in [-0.1, -0.05) is 6.07 Å². The second kappa shape index (κ2) is 10.0. The fraction of sp³-hybridized carbons (Fsp3) is 0.435. The molecule has 1 aromatic carbocycles. The molecule has 0 bridgehead atoms. The minimum absolute atomic E-state index is 0.125. The van der Waals surface area contributed by atoms with Crippen molar-refractivity contribution in [1.82, 2.24) is 19.6 Å². The lowest BCUT2D eigenvalue weighted by Crippen LogP contribution is -2.20. The predicted octanol–water partition coefficient (Wildman–Crippen LogP) is 4.38. The lowest BCUT2D eigenvalue weighted by molar-refractivity contribution is -0.117. The van der Waals surface area contributed by atoms with E-state index in [1.165, 1.54) is 10.7 Å². The Morgan fingerprint density at radius 3 is 2.64 bits per heavy atom. The number of ether oxygens (including phenoxy) is 2. The van der Waals surface area contributed by atoms with E-state index in [9.17, 15) is 13.6 Å². The van der Waals surface area contributed by atoms with E-state index in [0.717, 1.165) is 18.4 Å². The highest BCUT2D eigenvalue weighted by Crippen LogP contribution is 2.41. The lowest BCUT2D eigenvalue weighted by Gasteiger charge is -2.12. The van der Waals surface area contributed by atoms with Crippen molar-refractivity contribution < 1.29 is 23.0 Å². The van der Waals surface area contributed by atoms with Gasteiger partial charge >= 0.3 is 0 Å². The van der Waals surface area contributed by atoms with E-state index < -0.39 is 6.43 Å². The SMILES string of the molecule is CCOc1ccc(Cn2cc(NC(=O)Cn3nc(C(F)F)cc3C3CC3)cn2)cc1OCC. The highest BCUT2D eigenvalue weighted by atomic mass is 19.3. The first-order valence-electron chi connectivity index (χ1n) is 11.0. The van der Waals surface area contributed by atoms with Gasteiger partial charge in [-0.3, -0.25) is 14.2 Å². The van der Waals surface area contributed by atoms with Crippen molar-refractivity contribution in [2.45, 2.75) is 52.1 Å². The molecule has 0 aliphatic heterocycles. The average Bonchev–Trinajstić information content (AvgIpc) is 3.39. The molecule has 0 atom stereocenters. The average molecular weight is 459 g/mol. The third-order valence-corrected chi connectivity index (χ3v) is 5.21. The van der Waals surface area contributed by atoms with Gasteiger partial charge in [0.2, 0.25) is 5.91 Å². The number of hydrogen-bond acceptors (Lipinski definition) is 5. The summed E-state index contributed by atoms with van der Waals surface area (Å²) in [7, 11) is 0. The molecule has 0 spiro atoms. The van der Waals surface area contributed by atoms with Crippen molar-refractivity contribution in [2.75, 3.05) is 18.5 Å². The van der Waals surface area contributed by atoms with E-state index in [4.69, 9.17) is 9.47 Å². The molecule has 0 saturated heterocycles. The van der Waals surface area contributed by atoms with Gasteiger partial charge in [-0.15, -0.1) is 0 Å². The number of nitrogens with zero attached hydrogens (tertiary/aromatic N) is 4. The molecule has 4 rings (SSSR count). The molecule has 0 radical (unpaired) electrons. The highest BCUT2D eigenvalue weighted by molar-refractivity contribution is 5.90.